The molecule has 0 saturated carbocycles. The quantitative estimate of drug-likeness (QED) is 0.622. The number of nitrogen functional groups attached to an aromatic ring is 1. The molecule has 3 rings (SSSR count). The Morgan fingerprint density at radius 1 is 1.38 bits per heavy atom. The SMILES string of the molecule is CCNc1nc(N)nc2c1ncn2CC(=O)Nc1cc(C)n(C)n1. The number of carbonyl (C=O) groups is 1. The van der Waals surface area contributed by atoms with Gasteiger partial charge in [-0.2, -0.15) is 15.1 Å². The van der Waals surface area contributed by atoms with E-state index in [9.17, 15) is 4.79 Å². The minimum atomic E-state index is -0.227. The van der Waals surface area contributed by atoms with E-state index < -0.39 is 0 Å². The van der Waals surface area contributed by atoms with Gasteiger partial charge in [-0.1, -0.05) is 0 Å². The summed E-state index contributed by atoms with van der Waals surface area (Å²) in [6.07, 6.45) is 1.54. The number of carbonyl (C=O) groups excluding carboxylic acids is 1. The first kappa shape index (κ1) is 15.7. The maximum absolute atomic E-state index is 12.2. The van der Waals surface area contributed by atoms with Gasteiger partial charge in [-0.3, -0.25) is 9.48 Å². The second kappa shape index (κ2) is 6.14. The van der Waals surface area contributed by atoms with Crippen LogP contribution in [-0.4, -0.2) is 41.8 Å². The van der Waals surface area contributed by atoms with Gasteiger partial charge in [-0.05, 0) is 13.8 Å². The molecule has 0 aliphatic carbocycles. The smallest absolute Gasteiger partial charge is 0.245 e. The van der Waals surface area contributed by atoms with Gasteiger partial charge in [0.15, 0.2) is 22.8 Å². The van der Waals surface area contributed by atoms with Crippen LogP contribution in [0, 0.1) is 6.92 Å². The van der Waals surface area contributed by atoms with Gasteiger partial charge >= 0.3 is 0 Å². The maximum atomic E-state index is 12.2. The molecule has 0 fully saturated rings. The highest BCUT2D eigenvalue weighted by atomic mass is 16.2. The third kappa shape index (κ3) is 2.98. The summed E-state index contributed by atoms with van der Waals surface area (Å²) in [4.78, 5) is 24.8. The molecule has 126 valence electrons. The van der Waals surface area contributed by atoms with Crippen LogP contribution in [0.1, 0.15) is 12.6 Å². The van der Waals surface area contributed by atoms with Crippen molar-refractivity contribution >= 4 is 34.7 Å². The summed E-state index contributed by atoms with van der Waals surface area (Å²) in [5.74, 6) is 0.960. The van der Waals surface area contributed by atoms with Gasteiger partial charge in [-0.25, -0.2) is 4.98 Å². The lowest BCUT2D eigenvalue weighted by molar-refractivity contribution is -0.116. The predicted molar refractivity (Wildman–Crippen MR) is 90.5 cm³/mol. The van der Waals surface area contributed by atoms with Crippen LogP contribution >= 0.6 is 0 Å². The van der Waals surface area contributed by atoms with Gasteiger partial charge < -0.3 is 20.9 Å². The first-order valence-corrected chi connectivity index (χ1v) is 7.50. The lowest BCUT2D eigenvalue weighted by atomic mass is 10.4. The lowest BCUT2D eigenvalue weighted by Crippen LogP contribution is -2.19. The van der Waals surface area contributed by atoms with Crippen molar-refractivity contribution in [2.75, 3.05) is 22.9 Å². The molecule has 0 aromatic carbocycles. The average molecular weight is 329 g/mol. The van der Waals surface area contributed by atoms with Gasteiger partial charge in [-0.15, -0.1) is 0 Å². The summed E-state index contributed by atoms with van der Waals surface area (Å²) in [7, 11) is 1.82. The normalized spacial score (nSPS) is 11.0. The first-order valence-electron chi connectivity index (χ1n) is 7.50. The van der Waals surface area contributed by atoms with Crippen LogP contribution in [0.25, 0.3) is 11.2 Å². The minimum absolute atomic E-state index is 0.0497. The van der Waals surface area contributed by atoms with Gasteiger partial charge in [0.05, 0.1) is 6.33 Å². The van der Waals surface area contributed by atoms with Crippen LogP contribution in [0.3, 0.4) is 0 Å². The van der Waals surface area contributed by atoms with Crippen LogP contribution in [0.5, 0.6) is 0 Å². The summed E-state index contributed by atoms with van der Waals surface area (Å²) in [5, 5.41) is 10.0. The van der Waals surface area contributed by atoms with E-state index in [1.165, 1.54) is 0 Å². The molecule has 0 saturated heterocycles. The van der Waals surface area contributed by atoms with E-state index in [0.717, 1.165) is 5.69 Å². The zero-order chi connectivity index (χ0) is 17.3. The molecule has 0 aliphatic rings. The Hall–Kier alpha value is -3.17. The van der Waals surface area contributed by atoms with Crippen molar-refractivity contribution < 1.29 is 4.79 Å². The molecule has 24 heavy (non-hydrogen) atoms. The Kier molecular flexibility index (Phi) is 4.02. The van der Waals surface area contributed by atoms with Gasteiger partial charge in [0, 0.05) is 25.4 Å². The standard InChI is InChI=1S/C14H19N9O/c1-4-16-12-11-13(20-14(15)19-12)23(7-17-11)6-10(24)18-9-5-8(2)22(3)21-9/h5,7H,4,6H2,1-3H3,(H,18,21,24)(H3,15,16,19,20). The third-order valence-corrected chi connectivity index (χ3v) is 3.52. The maximum Gasteiger partial charge on any atom is 0.245 e. The first-order chi connectivity index (χ1) is 11.5. The number of aromatic nitrogens is 6. The van der Waals surface area contributed by atoms with Crippen molar-refractivity contribution in [3.05, 3.63) is 18.1 Å². The summed E-state index contributed by atoms with van der Waals surface area (Å²) < 4.78 is 3.32. The van der Waals surface area contributed by atoms with Gasteiger partial charge in [0.2, 0.25) is 11.9 Å². The monoisotopic (exact) mass is 329 g/mol. The van der Waals surface area contributed by atoms with Crippen LogP contribution < -0.4 is 16.4 Å². The van der Waals surface area contributed by atoms with Crippen molar-refractivity contribution in [1.29, 1.82) is 0 Å². The number of nitrogens with two attached hydrogens (primary N) is 1. The minimum Gasteiger partial charge on any atom is -0.368 e. The molecule has 10 nitrogen and oxygen atoms in total. The molecule has 3 aromatic rings. The van der Waals surface area contributed by atoms with E-state index in [1.54, 1.807) is 21.6 Å². The van der Waals surface area contributed by atoms with Crippen molar-refractivity contribution in [3.63, 3.8) is 0 Å². The number of rotatable bonds is 5. The van der Waals surface area contributed by atoms with E-state index >= 15 is 0 Å². The van der Waals surface area contributed by atoms with Crippen molar-refractivity contribution in [2.45, 2.75) is 20.4 Å². The second-order valence-corrected chi connectivity index (χ2v) is 5.35. The summed E-state index contributed by atoms with van der Waals surface area (Å²) >= 11 is 0. The van der Waals surface area contributed by atoms with Crippen molar-refractivity contribution in [2.24, 2.45) is 7.05 Å². The number of hydrogen-bond donors (Lipinski definition) is 3. The fourth-order valence-corrected chi connectivity index (χ4v) is 2.33. The van der Waals surface area contributed by atoms with Crippen LogP contribution in [0.2, 0.25) is 0 Å². The van der Waals surface area contributed by atoms with Crippen LogP contribution in [0.4, 0.5) is 17.6 Å². The second-order valence-electron chi connectivity index (χ2n) is 5.35. The molecule has 3 heterocycles. The number of amides is 1. The molecule has 0 aliphatic heterocycles. The van der Waals surface area contributed by atoms with E-state index in [0.29, 0.717) is 29.3 Å². The summed E-state index contributed by atoms with van der Waals surface area (Å²) in [6, 6.07) is 1.80. The molecule has 3 aromatic heterocycles. The Morgan fingerprint density at radius 3 is 2.83 bits per heavy atom. The zero-order valence-corrected chi connectivity index (χ0v) is 13.7. The summed E-state index contributed by atoms with van der Waals surface area (Å²) in [5.41, 5.74) is 7.77. The Morgan fingerprint density at radius 2 is 2.17 bits per heavy atom. The molecule has 0 bridgehead atoms. The molecule has 0 radical (unpaired) electrons. The van der Waals surface area contributed by atoms with E-state index in [2.05, 4.69) is 30.7 Å². The highest BCUT2D eigenvalue weighted by Crippen LogP contribution is 2.19. The number of anilines is 3. The average Bonchev–Trinajstić information content (AvgIpc) is 3.03. The molecule has 0 atom stereocenters. The molecule has 4 N–H and O–H groups in total. The fraction of sp³-hybridized carbons (Fsp3) is 0.357. The fourth-order valence-electron chi connectivity index (χ4n) is 2.33. The largest absolute Gasteiger partial charge is 0.368 e. The molecule has 0 spiro atoms. The highest BCUT2D eigenvalue weighted by Gasteiger charge is 2.14. The van der Waals surface area contributed by atoms with E-state index in [-0.39, 0.29) is 18.4 Å². The Bertz CT molecular complexity index is 876. The number of nitrogens with one attached hydrogen (secondary N) is 2. The Labute approximate surface area is 138 Å². The molecular formula is C14H19N9O. The topological polar surface area (TPSA) is 129 Å². The number of fused-ring (bicyclic) bond motifs is 1. The zero-order valence-electron chi connectivity index (χ0n) is 13.7. The van der Waals surface area contributed by atoms with Crippen LogP contribution in [-0.2, 0) is 18.4 Å². The van der Waals surface area contributed by atoms with Crippen molar-refractivity contribution in [3.8, 4) is 0 Å². The lowest BCUT2D eigenvalue weighted by Gasteiger charge is -2.06. The van der Waals surface area contributed by atoms with E-state index in [4.69, 9.17) is 5.73 Å². The van der Waals surface area contributed by atoms with Crippen LogP contribution in [0.15, 0.2) is 12.4 Å². The van der Waals surface area contributed by atoms with Crippen molar-refractivity contribution in [1.82, 2.24) is 29.3 Å². The highest BCUT2D eigenvalue weighted by molar-refractivity contribution is 5.91. The molecule has 0 unspecified atom stereocenters. The number of imidazole rings is 1. The number of aryl methyl sites for hydroxylation is 2. The predicted octanol–water partition coefficient (Wildman–Crippen LogP) is 0.521. The van der Waals surface area contributed by atoms with E-state index in [1.807, 2.05) is 20.9 Å². The van der Waals surface area contributed by atoms with Gasteiger partial charge in [0.25, 0.3) is 0 Å². The molecule has 1 amide bonds. The number of nitrogens with zero attached hydrogens (tertiary/aromatic N) is 6. The Balaban J connectivity index is 1.83. The molecule has 10 heteroatoms. The molecular weight excluding hydrogens is 310 g/mol. The number of hydrogen-bond acceptors (Lipinski definition) is 7. The summed E-state index contributed by atoms with van der Waals surface area (Å²) in [6.45, 7) is 4.59. The van der Waals surface area contributed by atoms with Gasteiger partial charge in [0.1, 0.15) is 6.54 Å². The third-order valence-electron chi connectivity index (χ3n) is 3.52.